The van der Waals surface area contributed by atoms with Crippen LogP contribution in [0.5, 0.6) is 0 Å². The molecule has 0 aliphatic heterocycles. The first-order chi connectivity index (χ1) is 9.38. The van der Waals surface area contributed by atoms with Crippen molar-refractivity contribution < 1.29 is 4.79 Å². The summed E-state index contributed by atoms with van der Waals surface area (Å²) in [5, 5.41) is 0. The first-order valence-electron chi connectivity index (χ1n) is 6.51. The smallest absolute Gasteiger partial charge is 0.259 e. The molecule has 0 saturated carbocycles. The summed E-state index contributed by atoms with van der Waals surface area (Å²) in [7, 11) is 1.81. The van der Waals surface area contributed by atoms with Crippen LogP contribution in [0.2, 0.25) is 0 Å². The molecule has 0 aromatic heterocycles. The average molecular weight is 332 g/mol. The molecular weight excluding hydrogens is 314 g/mol. The highest BCUT2D eigenvalue weighted by atomic mass is 79.9. The highest BCUT2D eigenvalue weighted by Gasteiger charge is 2.16. The zero-order valence-electron chi connectivity index (χ0n) is 12.2. The summed E-state index contributed by atoms with van der Waals surface area (Å²) in [6.45, 7) is 6.06. The van der Waals surface area contributed by atoms with E-state index in [1.807, 2.05) is 58.2 Å². The number of hydrogen-bond acceptors (Lipinski definition) is 1. The van der Waals surface area contributed by atoms with Gasteiger partial charge < -0.3 is 4.90 Å². The maximum Gasteiger partial charge on any atom is 0.259 e. The lowest BCUT2D eigenvalue weighted by molar-refractivity contribution is 0.0992. The van der Waals surface area contributed by atoms with Gasteiger partial charge in [0.25, 0.3) is 5.91 Å². The van der Waals surface area contributed by atoms with Crippen molar-refractivity contribution in [3.05, 3.63) is 63.1 Å². The fourth-order valence-corrected chi connectivity index (χ4v) is 2.66. The standard InChI is InChI=1S/C17H18BrNO/c1-11-5-6-16(18)15(10-11)17(20)19(4)14-8-12(2)7-13(3)9-14/h5-10H,1-4H3. The third-order valence-corrected chi connectivity index (χ3v) is 3.94. The van der Waals surface area contributed by atoms with Crippen molar-refractivity contribution in [3.63, 3.8) is 0 Å². The molecule has 0 atom stereocenters. The molecule has 2 rings (SSSR count). The molecule has 1 amide bonds. The normalized spacial score (nSPS) is 10.4. The van der Waals surface area contributed by atoms with Gasteiger partial charge >= 0.3 is 0 Å². The number of aryl methyl sites for hydroxylation is 3. The average Bonchev–Trinajstić information content (AvgIpc) is 2.38. The van der Waals surface area contributed by atoms with E-state index in [1.165, 1.54) is 0 Å². The number of benzene rings is 2. The van der Waals surface area contributed by atoms with Gasteiger partial charge in [0.15, 0.2) is 0 Å². The van der Waals surface area contributed by atoms with Gasteiger partial charge in [0, 0.05) is 17.2 Å². The molecule has 104 valence electrons. The van der Waals surface area contributed by atoms with Gasteiger partial charge in [-0.1, -0.05) is 17.7 Å². The van der Waals surface area contributed by atoms with E-state index < -0.39 is 0 Å². The Bertz CT molecular complexity index is 644. The van der Waals surface area contributed by atoms with Gasteiger partial charge in [0.2, 0.25) is 0 Å². The van der Waals surface area contributed by atoms with E-state index in [1.54, 1.807) is 4.90 Å². The fourth-order valence-electron chi connectivity index (χ4n) is 2.25. The lowest BCUT2D eigenvalue weighted by atomic mass is 10.1. The number of carbonyl (C=O) groups is 1. The molecule has 0 aliphatic rings. The topological polar surface area (TPSA) is 20.3 Å². The van der Waals surface area contributed by atoms with Crippen LogP contribution in [-0.4, -0.2) is 13.0 Å². The van der Waals surface area contributed by atoms with Gasteiger partial charge in [-0.3, -0.25) is 4.79 Å². The SMILES string of the molecule is Cc1cc(C)cc(N(C)C(=O)c2cc(C)ccc2Br)c1. The largest absolute Gasteiger partial charge is 0.311 e. The van der Waals surface area contributed by atoms with Gasteiger partial charge in [0.1, 0.15) is 0 Å². The summed E-state index contributed by atoms with van der Waals surface area (Å²) >= 11 is 3.45. The van der Waals surface area contributed by atoms with Crippen LogP contribution in [0.15, 0.2) is 40.9 Å². The van der Waals surface area contributed by atoms with Crippen molar-refractivity contribution in [1.29, 1.82) is 0 Å². The van der Waals surface area contributed by atoms with Crippen molar-refractivity contribution in [2.45, 2.75) is 20.8 Å². The molecule has 0 spiro atoms. The minimum atomic E-state index is -0.00873. The molecule has 3 heteroatoms. The summed E-state index contributed by atoms with van der Waals surface area (Å²) < 4.78 is 0.823. The second-order valence-corrected chi connectivity index (χ2v) is 6.05. The molecule has 0 radical (unpaired) electrons. The molecule has 0 bridgehead atoms. The van der Waals surface area contributed by atoms with Crippen molar-refractivity contribution in [2.75, 3.05) is 11.9 Å². The summed E-state index contributed by atoms with van der Waals surface area (Å²) in [6, 6.07) is 12.0. The molecule has 0 unspecified atom stereocenters. The Morgan fingerprint density at radius 1 is 0.950 bits per heavy atom. The number of carbonyl (C=O) groups excluding carboxylic acids is 1. The van der Waals surface area contributed by atoms with Gasteiger partial charge in [-0.05, 0) is 72.1 Å². The van der Waals surface area contributed by atoms with Crippen LogP contribution in [0.1, 0.15) is 27.0 Å². The molecule has 0 aliphatic carbocycles. The van der Waals surface area contributed by atoms with Gasteiger partial charge in [-0.25, -0.2) is 0 Å². The Morgan fingerprint density at radius 2 is 1.55 bits per heavy atom. The Balaban J connectivity index is 2.39. The summed E-state index contributed by atoms with van der Waals surface area (Å²) in [4.78, 5) is 14.3. The van der Waals surface area contributed by atoms with E-state index in [-0.39, 0.29) is 5.91 Å². The summed E-state index contributed by atoms with van der Waals surface area (Å²) in [5.74, 6) is -0.00873. The van der Waals surface area contributed by atoms with Crippen LogP contribution in [0.25, 0.3) is 0 Å². The number of halogens is 1. The maximum absolute atomic E-state index is 12.6. The second kappa shape index (κ2) is 5.80. The van der Waals surface area contributed by atoms with Crippen LogP contribution in [-0.2, 0) is 0 Å². The molecule has 0 N–H and O–H groups in total. The van der Waals surface area contributed by atoms with Crippen molar-refractivity contribution in [2.24, 2.45) is 0 Å². The number of nitrogens with zero attached hydrogens (tertiary/aromatic N) is 1. The molecule has 2 nitrogen and oxygen atoms in total. The van der Waals surface area contributed by atoms with Gasteiger partial charge in [-0.15, -0.1) is 0 Å². The van der Waals surface area contributed by atoms with Crippen molar-refractivity contribution in [1.82, 2.24) is 0 Å². The van der Waals surface area contributed by atoms with Crippen LogP contribution >= 0.6 is 15.9 Å². The second-order valence-electron chi connectivity index (χ2n) is 5.19. The van der Waals surface area contributed by atoms with E-state index in [9.17, 15) is 4.79 Å². The van der Waals surface area contributed by atoms with E-state index in [4.69, 9.17) is 0 Å². The zero-order chi connectivity index (χ0) is 14.9. The first kappa shape index (κ1) is 14.8. The number of hydrogen-bond donors (Lipinski definition) is 0. The van der Waals surface area contributed by atoms with E-state index in [0.29, 0.717) is 5.56 Å². The molecule has 0 fully saturated rings. The predicted octanol–water partition coefficient (Wildman–Crippen LogP) is 4.65. The molecule has 20 heavy (non-hydrogen) atoms. The Labute approximate surface area is 128 Å². The Hall–Kier alpha value is -1.61. The minimum absolute atomic E-state index is 0.00873. The molecule has 2 aromatic rings. The van der Waals surface area contributed by atoms with Crippen LogP contribution in [0.3, 0.4) is 0 Å². The van der Waals surface area contributed by atoms with Crippen molar-refractivity contribution in [3.8, 4) is 0 Å². The Kier molecular flexibility index (Phi) is 4.29. The fraction of sp³-hybridized carbons (Fsp3) is 0.235. The van der Waals surface area contributed by atoms with Crippen LogP contribution < -0.4 is 4.90 Å². The monoisotopic (exact) mass is 331 g/mol. The minimum Gasteiger partial charge on any atom is -0.311 e. The van der Waals surface area contributed by atoms with E-state index in [0.717, 1.165) is 26.9 Å². The van der Waals surface area contributed by atoms with Gasteiger partial charge in [-0.2, -0.15) is 0 Å². The third kappa shape index (κ3) is 3.10. The molecule has 0 saturated heterocycles. The maximum atomic E-state index is 12.6. The number of rotatable bonds is 2. The first-order valence-corrected chi connectivity index (χ1v) is 7.30. The summed E-state index contributed by atoms with van der Waals surface area (Å²) in [5.41, 5.74) is 4.99. The molecule has 0 heterocycles. The zero-order valence-corrected chi connectivity index (χ0v) is 13.8. The highest BCUT2D eigenvalue weighted by Crippen LogP contribution is 2.24. The summed E-state index contributed by atoms with van der Waals surface area (Å²) in [6.07, 6.45) is 0. The van der Waals surface area contributed by atoms with E-state index >= 15 is 0 Å². The number of anilines is 1. The van der Waals surface area contributed by atoms with Crippen LogP contribution in [0, 0.1) is 20.8 Å². The quantitative estimate of drug-likeness (QED) is 0.784. The van der Waals surface area contributed by atoms with Gasteiger partial charge in [0.05, 0.1) is 5.56 Å². The predicted molar refractivity (Wildman–Crippen MR) is 87.5 cm³/mol. The molecule has 2 aromatic carbocycles. The van der Waals surface area contributed by atoms with Crippen molar-refractivity contribution >= 4 is 27.5 Å². The van der Waals surface area contributed by atoms with Crippen LogP contribution in [0.4, 0.5) is 5.69 Å². The number of amides is 1. The lowest BCUT2D eigenvalue weighted by Gasteiger charge is -2.19. The Morgan fingerprint density at radius 3 is 2.15 bits per heavy atom. The third-order valence-electron chi connectivity index (χ3n) is 3.25. The van der Waals surface area contributed by atoms with E-state index in [2.05, 4.69) is 22.0 Å². The lowest BCUT2D eigenvalue weighted by Crippen LogP contribution is -2.26. The molecular formula is C17H18BrNO. The highest BCUT2D eigenvalue weighted by molar-refractivity contribution is 9.10.